The zero-order chi connectivity index (χ0) is 29.0. The molecule has 0 spiro atoms. The fourth-order valence-electron chi connectivity index (χ4n) is 5.41. The van der Waals surface area contributed by atoms with Crippen LogP contribution in [-0.4, -0.2) is 78.3 Å². The van der Waals surface area contributed by atoms with Crippen LogP contribution in [0.2, 0.25) is 0 Å². The fourth-order valence-corrected chi connectivity index (χ4v) is 5.41. The molecular weight excluding hydrogens is 519 g/mol. The second kappa shape index (κ2) is 12.6. The highest BCUT2D eigenvalue weighted by Gasteiger charge is 2.51. The van der Waals surface area contributed by atoms with Crippen molar-refractivity contribution in [1.82, 2.24) is 10.2 Å². The van der Waals surface area contributed by atoms with Crippen LogP contribution in [0.25, 0.3) is 0 Å². The summed E-state index contributed by atoms with van der Waals surface area (Å²) in [7, 11) is 1.43. The summed E-state index contributed by atoms with van der Waals surface area (Å²) in [5.41, 5.74) is 1.75. The zero-order valence-corrected chi connectivity index (χ0v) is 22.8. The van der Waals surface area contributed by atoms with Crippen LogP contribution in [0.15, 0.2) is 48.0 Å². The van der Waals surface area contributed by atoms with Crippen molar-refractivity contribution in [3.05, 3.63) is 70.6 Å². The van der Waals surface area contributed by atoms with E-state index in [1.54, 1.807) is 24.3 Å². The number of fused-ring (bicyclic) bond motifs is 3. The van der Waals surface area contributed by atoms with E-state index in [9.17, 15) is 29.0 Å². The van der Waals surface area contributed by atoms with Crippen molar-refractivity contribution < 1.29 is 38.5 Å². The van der Waals surface area contributed by atoms with E-state index in [2.05, 4.69) is 5.32 Å². The molecular formula is C30H35FN2O7. The first kappa shape index (κ1) is 29.2. The predicted octanol–water partition coefficient (Wildman–Crippen LogP) is 2.39. The van der Waals surface area contributed by atoms with Crippen molar-refractivity contribution >= 4 is 18.1 Å². The van der Waals surface area contributed by atoms with E-state index in [4.69, 9.17) is 9.47 Å². The van der Waals surface area contributed by atoms with Crippen molar-refractivity contribution in [2.24, 2.45) is 5.92 Å². The van der Waals surface area contributed by atoms with Crippen LogP contribution in [0.1, 0.15) is 47.7 Å². The number of hydrogen-bond acceptors (Lipinski definition) is 7. The number of rotatable bonds is 11. The maximum absolute atomic E-state index is 13.8. The molecule has 9 nitrogen and oxygen atoms in total. The van der Waals surface area contributed by atoms with Crippen molar-refractivity contribution in [3.8, 4) is 11.5 Å². The van der Waals surface area contributed by atoms with E-state index >= 15 is 0 Å². The zero-order valence-electron chi connectivity index (χ0n) is 22.8. The number of amides is 2. The molecule has 1 aliphatic heterocycles. The Labute approximate surface area is 232 Å². The van der Waals surface area contributed by atoms with E-state index in [0.29, 0.717) is 35.1 Å². The molecule has 0 aromatic heterocycles. The molecule has 40 heavy (non-hydrogen) atoms. The van der Waals surface area contributed by atoms with Crippen LogP contribution < -0.4 is 14.8 Å². The molecule has 2 amide bonds. The lowest BCUT2D eigenvalue weighted by atomic mass is 9.77. The Morgan fingerprint density at radius 2 is 2.02 bits per heavy atom. The van der Waals surface area contributed by atoms with Crippen LogP contribution >= 0.6 is 0 Å². The molecule has 0 unspecified atom stereocenters. The number of methoxy groups -OCH3 is 1. The minimum Gasteiger partial charge on any atom is -0.493 e. The number of aldehydes is 1. The van der Waals surface area contributed by atoms with Gasteiger partial charge in [-0.15, -0.1) is 0 Å². The molecule has 0 saturated heterocycles. The molecule has 214 valence electrons. The lowest BCUT2D eigenvalue weighted by Crippen LogP contribution is -2.56. The monoisotopic (exact) mass is 554 g/mol. The molecule has 2 aliphatic rings. The maximum Gasteiger partial charge on any atom is 0.247 e. The van der Waals surface area contributed by atoms with Gasteiger partial charge in [0.2, 0.25) is 11.8 Å². The fraction of sp³-hybridized carbons (Fsp3) is 0.433. The number of nitrogens with zero attached hydrogens (tertiary/aromatic N) is 1. The first-order chi connectivity index (χ1) is 19.2. The van der Waals surface area contributed by atoms with Crippen molar-refractivity contribution in [3.63, 3.8) is 0 Å². The third-order valence-corrected chi connectivity index (χ3v) is 7.20. The van der Waals surface area contributed by atoms with E-state index in [1.807, 2.05) is 13.8 Å². The Morgan fingerprint density at radius 3 is 2.67 bits per heavy atom. The first-order valence-corrected chi connectivity index (χ1v) is 13.3. The van der Waals surface area contributed by atoms with Crippen LogP contribution in [0.3, 0.4) is 0 Å². The van der Waals surface area contributed by atoms with Crippen LogP contribution in [0, 0.1) is 11.7 Å². The van der Waals surface area contributed by atoms with Gasteiger partial charge in [-0.1, -0.05) is 26.0 Å². The summed E-state index contributed by atoms with van der Waals surface area (Å²) in [6.45, 7) is 3.71. The molecule has 10 heteroatoms. The molecule has 0 radical (unpaired) electrons. The molecule has 3 N–H and O–H groups in total. The Bertz CT molecular complexity index is 1290. The van der Waals surface area contributed by atoms with Gasteiger partial charge in [0.15, 0.2) is 11.5 Å². The number of carbonyl (C=O) groups is 3. The smallest absolute Gasteiger partial charge is 0.247 e. The Hall–Kier alpha value is -3.76. The number of hydrogen-bond donors (Lipinski definition) is 3. The largest absolute Gasteiger partial charge is 0.493 e. The lowest BCUT2D eigenvalue weighted by Gasteiger charge is -2.41. The minimum atomic E-state index is -1.24. The van der Waals surface area contributed by atoms with E-state index in [0.717, 1.165) is 0 Å². The molecule has 4 atom stereocenters. The summed E-state index contributed by atoms with van der Waals surface area (Å²) < 4.78 is 25.5. The average molecular weight is 555 g/mol. The predicted molar refractivity (Wildman–Crippen MR) is 145 cm³/mol. The number of carbonyl (C=O) groups excluding carboxylic acids is 3. The number of ether oxygens (including phenoxy) is 2. The van der Waals surface area contributed by atoms with E-state index in [-0.39, 0.29) is 55.1 Å². The minimum absolute atomic E-state index is 0.00174. The van der Waals surface area contributed by atoms with Gasteiger partial charge >= 0.3 is 0 Å². The van der Waals surface area contributed by atoms with Gasteiger partial charge in [-0.05, 0) is 48.2 Å². The van der Waals surface area contributed by atoms with Gasteiger partial charge in [0.25, 0.3) is 0 Å². The number of benzene rings is 2. The lowest BCUT2D eigenvalue weighted by molar-refractivity contribution is -0.137. The topological polar surface area (TPSA) is 125 Å². The normalized spacial score (nSPS) is 21.1. The first-order valence-electron chi connectivity index (χ1n) is 13.3. The van der Waals surface area contributed by atoms with E-state index in [1.165, 1.54) is 30.2 Å². The maximum atomic E-state index is 13.8. The highest BCUT2D eigenvalue weighted by Crippen LogP contribution is 2.51. The van der Waals surface area contributed by atoms with Gasteiger partial charge in [0, 0.05) is 36.2 Å². The van der Waals surface area contributed by atoms with Gasteiger partial charge in [0.05, 0.1) is 25.7 Å². The summed E-state index contributed by atoms with van der Waals surface area (Å²) in [5, 5.41) is 23.6. The average Bonchev–Trinajstić information content (AvgIpc) is 3.32. The highest BCUT2D eigenvalue weighted by molar-refractivity contribution is 5.96. The van der Waals surface area contributed by atoms with Crippen molar-refractivity contribution in [1.29, 1.82) is 0 Å². The Morgan fingerprint density at radius 1 is 1.25 bits per heavy atom. The summed E-state index contributed by atoms with van der Waals surface area (Å²) >= 11 is 0. The molecule has 0 bridgehead atoms. The molecule has 2 aromatic carbocycles. The molecule has 2 aromatic rings. The van der Waals surface area contributed by atoms with Gasteiger partial charge in [-0.2, -0.15) is 0 Å². The number of aliphatic hydroxyl groups excluding tert-OH is 2. The van der Waals surface area contributed by atoms with Crippen LogP contribution in [-0.2, 0) is 16.0 Å². The molecule has 0 fully saturated rings. The van der Waals surface area contributed by atoms with Gasteiger partial charge < -0.3 is 29.9 Å². The third kappa shape index (κ3) is 6.03. The second-order valence-electron chi connectivity index (χ2n) is 10.5. The molecule has 1 aliphatic carbocycles. The Kier molecular flexibility index (Phi) is 9.21. The summed E-state index contributed by atoms with van der Waals surface area (Å²) in [6.07, 6.45) is 0.570. The summed E-state index contributed by atoms with van der Waals surface area (Å²) in [6, 6.07) is 8.28. The SMILES string of the molecule is COc1cc(C=O)cc2c1O[C@@H]1[C@@H](O)[C@H](N(CCc3cccc(F)c3)C(=O)CC(C)C)C=C(C(=O)NCCO)[C@H]21. The summed E-state index contributed by atoms with van der Waals surface area (Å²) in [5.74, 6) is -1.23. The molecule has 1 heterocycles. The highest BCUT2D eigenvalue weighted by atomic mass is 19.1. The quantitative estimate of drug-likeness (QED) is 0.364. The van der Waals surface area contributed by atoms with Crippen molar-refractivity contribution in [2.45, 2.75) is 50.9 Å². The molecule has 0 saturated carbocycles. The number of nitrogens with one attached hydrogen (secondary N) is 1. The van der Waals surface area contributed by atoms with Gasteiger partial charge in [-0.25, -0.2) is 4.39 Å². The standard InChI is InChI=1S/C30H35FN2O7/c1-17(2)11-25(36)33(9-7-18-5-4-6-20(31)12-18)23-15-22(30(38)32-8-10-34)26-21-13-19(16-35)14-24(39-3)28(21)40-29(26)27(23)37/h4-6,12-17,23,26-27,29,34,37H,7-11H2,1-3H3,(H,32,38)/t23-,26+,27+,29+/m1/s1. The number of halogens is 1. The van der Waals surface area contributed by atoms with Gasteiger partial charge in [-0.3, -0.25) is 14.4 Å². The second-order valence-corrected chi connectivity index (χ2v) is 10.5. The number of aliphatic hydroxyl groups is 2. The third-order valence-electron chi connectivity index (χ3n) is 7.20. The molecule has 4 rings (SSSR count). The van der Waals surface area contributed by atoms with Crippen LogP contribution in [0.5, 0.6) is 11.5 Å². The van der Waals surface area contributed by atoms with Crippen molar-refractivity contribution in [2.75, 3.05) is 26.8 Å². The summed E-state index contributed by atoms with van der Waals surface area (Å²) in [4.78, 5) is 40.0. The van der Waals surface area contributed by atoms with Crippen LogP contribution in [0.4, 0.5) is 4.39 Å². The Balaban J connectivity index is 1.77. The van der Waals surface area contributed by atoms with Gasteiger partial charge in [0.1, 0.15) is 24.3 Å². The van der Waals surface area contributed by atoms with E-state index < -0.39 is 30.1 Å².